The van der Waals surface area contributed by atoms with E-state index < -0.39 is 0 Å². The summed E-state index contributed by atoms with van der Waals surface area (Å²) in [7, 11) is 0. The molecular formula is C45H27N3O2. The molecule has 0 aliphatic rings. The topological polar surface area (TPSA) is 65.0 Å². The van der Waals surface area contributed by atoms with Crippen LogP contribution in [0.4, 0.5) is 0 Å². The van der Waals surface area contributed by atoms with E-state index in [-0.39, 0.29) is 0 Å². The molecule has 5 nitrogen and oxygen atoms in total. The lowest BCUT2D eigenvalue weighted by atomic mass is 9.97. The second kappa shape index (κ2) is 11.4. The van der Waals surface area contributed by atoms with Crippen LogP contribution in [-0.2, 0) is 0 Å². The summed E-state index contributed by atoms with van der Waals surface area (Å²) >= 11 is 0. The van der Waals surface area contributed by atoms with Crippen molar-refractivity contribution in [3.8, 4) is 56.6 Å². The first kappa shape index (κ1) is 28.2. The van der Waals surface area contributed by atoms with E-state index in [9.17, 15) is 0 Å². The van der Waals surface area contributed by atoms with Crippen LogP contribution in [-0.4, -0.2) is 15.0 Å². The first-order chi connectivity index (χ1) is 24.7. The zero-order valence-electron chi connectivity index (χ0n) is 26.7. The largest absolute Gasteiger partial charge is 0.456 e. The van der Waals surface area contributed by atoms with Crippen LogP contribution in [0.1, 0.15) is 0 Å². The number of nitrogens with zero attached hydrogens (tertiary/aromatic N) is 3. The normalized spacial score (nSPS) is 11.6. The fourth-order valence-corrected chi connectivity index (χ4v) is 6.81. The molecule has 3 aromatic heterocycles. The molecule has 10 rings (SSSR count). The molecule has 7 aromatic carbocycles. The van der Waals surface area contributed by atoms with Gasteiger partial charge in [-0.15, -0.1) is 0 Å². The average molecular weight is 642 g/mol. The van der Waals surface area contributed by atoms with Crippen LogP contribution < -0.4 is 0 Å². The highest BCUT2D eigenvalue weighted by Crippen LogP contribution is 2.35. The van der Waals surface area contributed by atoms with E-state index in [1.54, 1.807) is 0 Å². The molecule has 0 unspecified atom stereocenters. The van der Waals surface area contributed by atoms with E-state index in [2.05, 4.69) is 109 Å². The van der Waals surface area contributed by atoms with E-state index in [0.29, 0.717) is 17.5 Å². The summed E-state index contributed by atoms with van der Waals surface area (Å²) in [6.07, 6.45) is 0. The molecule has 0 aliphatic heterocycles. The first-order valence-electron chi connectivity index (χ1n) is 16.6. The molecule has 0 saturated carbocycles. The molecule has 5 heteroatoms. The average Bonchev–Trinajstić information content (AvgIpc) is 3.79. The van der Waals surface area contributed by atoms with Gasteiger partial charge in [-0.25, -0.2) is 15.0 Å². The highest BCUT2D eigenvalue weighted by atomic mass is 16.3. The SMILES string of the molecule is c1ccc2oc(-c3ccc(-c4nc(-c5ccc(-c6cccc7ccccc67)cc5)nc(-c5ccc6c(c5)oc5ccccc56)n4)cc3)cc2c1. The predicted octanol–water partition coefficient (Wildman–Crippen LogP) is 12.0. The van der Waals surface area contributed by atoms with Gasteiger partial charge in [-0.05, 0) is 52.2 Å². The predicted molar refractivity (Wildman–Crippen MR) is 202 cm³/mol. The van der Waals surface area contributed by atoms with Crippen molar-refractivity contribution in [3.63, 3.8) is 0 Å². The number of hydrogen-bond donors (Lipinski definition) is 0. The maximum absolute atomic E-state index is 6.23. The van der Waals surface area contributed by atoms with Gasteiger partial charge in [-0.3, -0.25) is 0 Å². The van der Waals surface area contributed by atoms with Gasteiger partial charge in [0.15, 0.2) is 17.5 Å². The monoisotopic (exact) mass is 641 g/mol. The smallest absolute Gasteiger partial charge is 0.164 e. The number of fused-ring (bicyclic) bond motifs is 5. The van der Waals surface area contributed by atoms with Crippen LogP contribution in [0.25, 0.3) is 100 Å². The number of benzene rings is 7. The maximum Gasteiger partial charge on any atom is 0.164 e. The van der Waals surface area contributed by atoms with E-state index in [0.717, 1.165) is 66.5 Å². The van der Waals surface area contributed by atoms with Crippen molar-refractivity contribution < 1.29 is 8.83 Å². The summed E-state index contributed by atoms with van der Waals surface area (Å²) in [5, 5.41) is 5.66. The Balaban J connectivity index is 1.08. The summed E-state index contributed by atoms with van der Waals surface area (Å²) in [4.78, 5) is 15.0. The lowest BCUT2D eigenvalue weighted by molar-refractivity contribution is 0.631. The van der Waals surface area contributed by atoms with Gasteiger partial charge in [0.1, 0.15) is 22.5 Å². The zero-order chi connectivity index (χ0) is 33.0. The Kier molecular flexibility index (Phi) is 6.42. The van der Waals surface area contributed by atoms with Crippen LogP contribution in [0, 0.1) is 0 Å². The van der Waals surface area contributed by atoms with Crippen LogP contribution in [0.15, 0.2) is 173 Å². The first-order valence-corrected chi connectivity index (χ1v) is 16.6. The Morgan fingerprint density at radius 3 is 1.60 bits per heavy atom. The van der Waals surface area contributed by atoms with Crippen molar-refractivity contribution in [1.82, 2.24) is 15.0 Å². The van der Waals surface area contributed by atoms with Gasteiger partial charge >= 0.3 is 0 Å². The lowest BCUT2D eigenvalue weighted by Crippen LogP contribution is -2.00. The number of furan rings is 2. The van der Waals surface area contributed by atoms with Crippen molar-refractivity contribution in [2.75, 3.05) is 0 Å². The Bertz CT molecular complexity index is 2830. The molecule has 0 aliphatic carbocycles. The van der Waals surface area contributed by atoms with Gasteiger partial charge in [-0.1, -0.05) is 133 Å². The number of rotatable bonds is 5. The molecule has 50 heavy (non-hydrogen) atoms. The Labute approximate surface area is 287 Å². The van der Waals surface area contributed by atoms with Crippen molar-refractivity contribution >= 4 is 43.7 Å². The van der Waals surface area contributed by atoms with E-state index in [4.69, 9.17) is 23.8 Å². The van der Waals surface area contributed by atoms with Gasteiger partial charge in [0.2, 0.25) is 0 Å². The molecule has 0 saturated heterocycles. The summed E-state index contributed by atoms with van der Waals surface area (Å²) in [6.45, 7) is 0. The summed E-state index contributed by atoms with van der Waals surface area (Å²) in [5.41, 5.74) is 8.47. The third-order valence-corrected chi connectivity index (χ3v) is 9.37. The Morgan fingerprint density at radius 2 is 0.860 bits per heavy atom. The molecule has 0 bridgehead atoms. The molecule has 0 atom stereocenters. The minimum Gasteiger partial charge on any atom is -0.456 e. The van der Waals surface area contributed by atoms with Crippen LogP contribution in [0.5, 0.6) is 0 Å². The highest BCUT2D eigenvalue weighted by Gasteiger charge is 2.16. The van der Waals surface area contributed by atoms with E-state index in [1.165, 1.54) is 16.3 Å². The minimum atomic E-state index is 0.576. The lowest BCUT2D eigenvalue weighted by Gasteiger charge is -2.10. The molecule has 0 fully saturated rings. The van der Waals surface area contributed by atoms with Gasteiger partial charge in [0, 0.05) is 38.4 Å². The summed E-state index contributed by atoms with van der Waals surface area (Å²) < 4.78 is 12.4. The van der Waals surface area contributed by atoms with Crippen LogP contribution in [0.3, 0.4) is 0 Å². The second-order valence-corrected chi connectivity index (χ2v) is 12.4. The molecule has 3 heterocycles. The zero-order valence-corrected chi connectivity index (χ0v) is 26.7. The van der Waals surface area contributed by atoms with Crippen LogP contribution in [0.2, 0.25) is 0 Å². The van der Waals surface area contributed by atoms with Gasteiger partial charge < -0.3 is 8.83 Å². The fourth-order valence-electron chi connectivity index (χ4n) is 6.81. The molecular weight excluding hydrogens is 615 g/mol. The Hall–Kier alpha value is -6.85. The molecule has 0 amide bonds. The number of aromatic nitrogens is 3. The van der Waals surface area contributed by atoms with E-state index in [1.807, 2.05) is 54.6 Å². The Morgan fingerprint density at radius 1 is 0.320 bits per heavy atom. The highest BCUT2D eigenvalue weighted by molar-refractivity contribution is 6.05. The number of hydrogen-bond acceptors (Lipinski definition) is 5. The molecule has 10 aromatic rings. The van der Waals surface area contributed by atoms with E-state index >= 15 is 0 Å². The molecule has 0 radical (unpaired) electrons. The fraction of sp³-hybridized carbons (Fsp3) is 0. The maximum atomic E-state index is 6.23. The second-order valence-electron chi connectivity index (χ2n) is 12.4. The molecule has 0 N–H and O–H groups in total. The number of para-hydroxylation sites is 2. The molecule has 0 spiro atoms. The molecule has 234 valence electrons. The van der Waals surface area contributed by atoms with Crippen LogP contribution >= 0.6 is 0 Å². The van der Waals surface area contributed by atoms with Gasteiger partial charge in [0.25, 0.3) is 0 Å². The minimum absolute atomic E-state index is 0.576. The quantitative estimate of drug-likeness (QED) is 0.187. The third kappa shape index (κ3) is 4.83. The van der Waals surface area contributed by atoms with Crippen molar-refractivity contribution in [1.29, 1.82) is 0 Å². The van der Waals surface area contributed by atoms with Crippen molar-refractivity contribution in [2.45, 2.75) is 0 Å². The summed E-state index contributed by atoms with van der Waals surface area (Å²) in [5.74, 6) is 2.58. The van der Waals surface area contributed by atoms with Gasteiger partial charge in [0.05, 0.1) is 0 Å². The van der Waals surface area contributed by atoms with Gasteiger partial charge in [-0.2, -0.15) is 0 Å². The third-order valence-electron chi connectivity index (χ3n) is 9.37. The summed E-state index contributed by atoms with van der Waals surface area (Å²) in [6, 6.07) is 55.9. The van der Waals surface area contributed by atoms with Crippen molar-refractivity contribution in [3.05, 3.63) is 164 Å². The van der Waals surface area contributed by atoms with Crippen molar-refractivity contribution in [2.24, 2.45) is 0 Å². The standard InChI is InChI=1S/C45H27N3O2/c1-3-11-35-28(8-1)10-7-13-36(35)29-16-20-31(21-17-29)43-46-44(32-22-18-30(19-23-32)41-26-33-9-2-5-14-39(33)49-41)48-45(47-43)34-24-25-38-37-12-4-6-15-40(37)50-42(38)27-34/h1-27H.